The molecule has 0 fully saturated rings. The Balaban J connectivity index is 0.00000112. The minimum absolute atomic E-state index is 0. The summed E-state index contributed by atoms with van der Waals surface area (Å²) >= 11 is 0. The van der Waals surface area contributed by atoms with Crippen molar-refractivity contribution < 1.29 is 4.39 Å². The highest BCUT2D eigenvalue weighted by molar-refractivity contribution is 5.85. The number of nitrogens with zero attached hydrogens (tertiary/aromatic N) is 2. The van der Waals surface area contributed by atoms with Gasteiger partial charge in [0.05, 0.1) is 12.0 Å². The van der Waals surface area contributed by atoms with E-state index in [1.165, 1.54) is 12.1 Å². The van der Waals surface area contributed by atoms with E-state index in [1.54, 1.807) is 18.5 Å². The molecule has 0 aliphatic heterocycles. The Labute approximate surface area is 94.2 Å². The number of halogens is 2. The molecular weight excluding hydrogens is 215 g/mol. The molecule has 80 valence electrons. The first-order chi connectivity index (χ1) is 6.68. The van der Waals surface area contributed by atoms with Crippen molar-refractivity contribution in [2.75, 3.05) is 0 Å². The number of benzene rings is 1. The van der Waals surface area contributed by atoms with Gasteiger partial charge in [0.25, 0.3) is 0 Å². The molecule has 0 aliphatic carbocycles. The van der Waals surface area contributed by atoms with E-state index in [0.717, 1.165) is 17.1 Å². The van der Waals surface area contributed by atoms with Gasteiger partial charge in [0, 0.05) is 11.4 Å². The molecule has 0 bridgehead atoms. The van der Waals surface area contributed by atoms with Crippen molar-refractivity contribution in [1.82, 2.24) is 9.55 Å². The van der Waals surface area contributed by atoms with Crippen LogP contribution in [0.4, 0.5) is 4.39 Å². The molecule has 1 heterocycles. The van der Waals surface area contributed by atoms with Gasteiger partial charge >= 0.3 is 0 Å². The fourth-order valence-electron chi connectivity index (χ4n) is 1.36. The van der Waals surface area contributed by atoms with Crippen LogP contribution in [-0.2, 0) is 0 Å². The van der Waals surface area contributed by atoms with Crippen molar-refractivity contribution in [3.05, 3.63) is 47.8 Å². The van der Waals surface area contributed by atoms with Crippen LogP contribution in [0.3, 0.4) is 0 Å². The molecule has 1 aromatic heterocycles. The van der Waals surface area contributed by atoms with E-state index in [-0.39, 0.29) is 18.2 Å². The summed E-state index contributed by atoms with van der Waals surface area (Å²) in [7, 11) is 0. The summed E-state index contributed by atoms with van der Waals surface area (Å²) in [6, 6.07) is 6.38. The Morgan fingerprint density at radius 3 is 2.20 bits per heavy atom. The van der Waals surface area contributed by atoms with E-state index in [1.807, 2.05) is 18.4 Å². The van der Waals surface area contributed by atoms with Crippen molar-refractivity contribution in [1.29, 1.82) is 0 Å². The van der Waals surface area contributed by atoms with Crippen molar-refractivity contribution in [3.8, 4) is 5.69 Å². The molecule has 2 rings (SSSR count). The molecule has 0 aliphatic rings. The largest absolute Gasteiger partial charge is 0.303 e. The highest BCUT2D eigenvalue weighted by Gasteiger charge is 2.03. The lowest BCUT2D eigenvalue weighted by Crippen LogP contribution is -1.94. The first-order valence-corrected chi connectivity index (χ1v) is 4.45. The molecule has 15 heavy (non-hydrogen) atoms. The van der Waals surface area contributed by atoms with Crippen LogP contribution in [0, 0.1) is 19.7 Å². The Hall–Kier alpha value is -1.35. The molecule has 0 N–H and O–H groups in total. The van der Waals surface area contributed by atoms with E-state index < -0.39 is 0 Å². The van der Waals surface area contributed by atoms with Crippen molar-refractivity contribution in [2.45, 2.75) is 13.8 Å². The number of aryl methyl sites for hydroxylation is 1. The topological polar surface area (TPSA) is 17.8 Å². The van der Waals surface area contributed by atoms with Gasteiger partial charge in [-0.2, -0.15) is 0 Å². The van der Waals surface area contributed by atoms with Crippen LogP contribution in [0.2, 0.25) is 0 Å². The van der Waals surface area contributed by atoms with E-state index >= 15 is 0 Å². The average Bonchev–Trinajstić information content (AvgIpc) is 2.50. The smallest absolute Gasteiger partial charge is 0.123 e. The normalized spacial score (nSPS) is 9.80. The minimum atomic E-state index is -0.219. The van der Waals surface area contributed by atoms with Crippen LogP contribution in [0.25, 0.3) is 5.69 Å². The zero-order valence-corrected chi connectivity index (χ0v) is 9.38. The first kappa shape index (κ1) is 11.7. The standard InChI is InChI=1S/C11H11FN2.ClH/c1-8-9(2)14(7-13-8)11-5-3-10(12)4-6-11;/h3-7H,1-2H3;1H. The summed E-state index contributed by atoms with van der Waals surface area (Å²) in [6.07, 6.45) is 1.75. The molecule has 0 spiro atoms. The highest BCUT2D eigenvalue weighted by atomic mass is 35.5. The molecule has 0 saturated heterocycles. The Kier molecular flexibility index (Phi) is 3.48. The van der Waals surface area contributed by atoms with Crippen molar-refractivity contribution in [2.24, 2.45) is 0 Å². The second-order valence-electron chi connectivity index (χ2n) is 3.26. The molecule has 0 saturated carbocycles. The van der Waals surface area contributed by atoms with Gasteiger partial charge in [0.1, 0.15) is 5.82 Å². The molecule has 0 radical (unpaired) electrons. The van der Waals surface area contributed by atoms with Crippen LogP contribution in [-0.4, -0.2) is 9.55 Å². The molecular formula is C11H12ClFN2. The zero-order valence-electron chi connectivity index (χ0n) is 8.57. The number of hydrogen-bond donors (Lipinski definition) is 0. The van der Waals surface area contributed by atoms with Gasteiger partial charge < -0.3 is 4.57 Å². The van der Waals surface area contributed by atoms with Crippen LogP contribution in [0.15, 0.2) is 30.6 Å². The average molecular weight is 227 g/mol. The summed E-state index contributed by atoms with van der Waals surface area (Å²) in [5, 5.41) is 0. The number of imidazole rings is 1. The Morgan fingerprint density at radius 2 is 1.73 bits per heavy atom. The minimum Gasteiger partial charge on any atom is -0.303 e. The van der Waals surface area contributed by atoms with E-state index in [9.17, 15) is 4.39 Å². The van der Waals surface area contributed by atoms with Gasteiger partial charge in [-0.05, 0) is 38.1 Å². The third kappa shape index (κ3) is 2.18. The molecule has 1 aromatic carbocycles. The van der Waals surface area contributed by atoms with Crippen LogP contribution >= 0.6 is 12.4 Å². The Bertz CT molecular complexity index is 448. The summed E-state index contributed by atoms with van der Waals surface area (Å²) in [5.74, 6) is -0.219. The zero-order chi connectivity index (χ0) is 10.1. The molecule has 4 heteroatoms. The monoisotopic (exact) mass is 226 g/mol. The van der Waals surface area contributed by atoms with Gasteiger partial charge in [-0.25, -0.2) is 9.37 Å². The summed E-state index contributed by atoms with van der Waals surface area (Å²) in [4.78, 5) is 4.18. The molecule has 0 atom stereocenters. The second kappa shape index (κ2) is 4.45. The Morgan fingerprint density at radius 1 is 1.13 bits per heavy atom. The number of aromatic nitrogens is 2. The first-order valence-electron chi connectivity index (χ1n) is 4.45. The molecule has 0 unspecified atom stereocenters. The SMILES string of the molecule is Cc1ncn(-c2ccc(F)cc2)c1C.Cl. The van der Waals surface area contributed by atoms with E-state index in [4.69, 9.17) is 0 Å². The quantitative estimate of drug-likeness (QED) is 0.731. The molecule has 2 nitrogen and oxygen atoms in total. The van der Waals surface area contributed by atoms with Crippen molar-refractivity contribution in [3.63, 3.8) is 0 Å². The summed E-state index contributed by atoms with van der Waals surface area (Å²) < 4.78 is 14.6. The maximum atomic E-state index is 12.7. The third-order valence-corrected chi connectivity index (χ3v) is 2.36. The molecule has 0 amide bonds. The highest BCUT2D eigenvalue weighted by Crippen LogP contribution is 2.13. The van der Waals surface area contributed by atoms with E-state index in [0.29, 0.717) is 0 Å². The predicted molar refractivity (Wildman–Crippen MR) is 60.2 cm³/mol. The maximum absolute atomic E-state index is 12.7. The fourth-order valence-corrected chi connectivity index (χ4v) is 1.36. The van der Waals surface area contributed by atoms with E-state index in [2.05, 4.69) is 4.98 Å². The lowest BCUT2D eigenvalue weighted by molar-refractivity contribution is 0.627. The van der Waals surface area contributed by atoms with Gasteiger partial charge in [-0.15, -0.1) is 12.4 Å². The lowest BCUT2D eigenvalue weighted by Gasteiger charge is -2.04. The fraction of sp³-hybridized carbons (Fsp3) is 0.182. The van der Waals surface area contributed by atoms with Gasteiger partial charge in [0.15, 0.2) is 0 Å². The van der Waals surface area contributed by atoms with Crippen LogP contribution in [0.1, 0.15) is 11.4 Å². The van der Waals surface area contributed by atoms with Gasteiger partial charge in [-0.3, -0.25) is 0 Å². The third-order valence-electron chi connectivity index (χ3n) is 2.36. The predicted octanol–water partition coefficient (Wildman–Crippen LogP) is 3.05. The number of rotatable bonds is 1. The van der Waals surface area contributed by atoms with Gasteiger partial charge in [0.2, 0.25) is 0 Å². The van der Waals surface area contributed by atoms with Crippen molar-refractivity contribution >= 4 is 12.4 Å². The second-order valence-corrected chi connectivity index (χ2v) is 3.26. The summed E-state index contributed by atoms with van der Waals surface area (Å²) in [6.45, 7) is 3.95. The van der Waals surface area contributed by atoms with Crippen LogP contribution < -0.4 is 0 Å². The lowest BCUT2D eigenvalue weighted by atomic mass is 10.3. The maximum Gasteiger partial charge on any atom is 0.123 e. The van der Waals surface area contributed by atoms with Crippen LogP contribution in [0.5, 0.6) is 0 Å². The summed E-state index contributed by atoms with van der Waals surface area (Å²) in [5.41, 5.74) is 3.01. The van der Waals surface area contributed by atoms with Gasteiger partial charge in [-0.1, -0.05) is 0 Å². The number of hydrogen-bond acceptors (Lipinski definition) is 1. The molecule has 2 aromatic rings.